The summed E-state index contributed by atoms with van der Waals surface area (Å²) in [6, 6.07) is 8.32. The van der Waals surface area contributed by atoms with Crippen LogP contribution in [-0.2, 0) is 0 Å². The van der Waals surface area contributed by atoms with Crippen LogP contribution in [0, 0.1) is 16.7 Å². The predicted octanol–water partition coefficient (Wildman–Crippen LogP) is 2.34. The summed E-state index contributed by atoms with van der Waals surface area (Å²) < 4.78 is 0. The first-order valence-electron chi connectivity index (χ1n) is 6.01. The molecule has 0 saturated carbocycles. The number of nitriles is 1. The smallest absolute Gasteiger partial charge is 0.337 e. The Balaban J connectivity index is 2.43. The summed E-state index contributed by atoms with van der Waals surface area (Å²) in [6.45, 7) is 0. The Kier molecular flexibility index (Phi) is 4.50. The van der Waals surface area contributed by atoms with Crippen LogP contribution >= 0.6 is 11.3 Å². The highest BCUT2D eigenvalue weighted by atomic mass is 32.1. The number of rotatable bonds is 5. The van der Waals surface area contributed by atoms with Crippen LogP contribution in [0.25, 0.3) is 11.1 Å². The van der Waals surface area contributed by atoms with E-state index in [-0.39, 0.29) is 17.0 Å². The van der Waals surface area contributed by atoms with Gasteiger partial charge in [0.2, 0.25) is 5.71 Å². The Morgan fingerprint density at radius 3 is 2.73 bits per heavy atom. The molecule has 5 N–H and O–H groups in total. The fourth-order valence-electron chi connectivity index (χ4n) is 1.69. The summed E-state index contributed by atoms with van der Waals surface area (Å²) in [5.74, 6) is -1.63. The van der Waals surface area contributed by atoms with Crippen LogP contribution in [0.1, 0.15) is 10.4 Å². The molecule has 0 aliphatic heterocycles. The van der Waals surface area contributed by atoms with Gasteiger partial charge in [-0.15, -0.1) is 0 Å². The second-order valence-electron chi connectivity index (χ2n) is 4.18. The number of aromatic carboxylic acids is 1. The summed E-state index contributed by atoms with van der Waals surface area (Å²) >= 11 is 1.52. The number of amidine groups is 1. The maximum atomic E-state index is 11.2. The first kappa shape index (κ1) is 15.2. The van der Waals surface area contributed by atoms with E-state index in [1.54, 1.807) is 18.2 Å². The van der Waals surface area contributed by atoms with Crippen molar-refractivity contribution in [2.45, 2.75) is 0 Å². The second kappa shape index (κ2) is 6.51. The number of carboxylic acid groups (broad SMARTS) is 1. The molecule has 0 amide bonds. The molecule has 0 unspecified atom stereocenters. The zero-order valence-electron chi connectivity index (χ0n) is 11.2. The third-order valence-electron chi connectivity index (χ3n) is 2.75. The highest BCUT2D eigenvalue weighted by Gasteiger charge is 2.12. The van der Waals surface area contributed by atoms with Gasteiger partial charge in [-0.2, -0.15) is 21.7 Å². The molecule has 1 heterocycles. The number of thiophene rings is 1. The third-order valence-corrected chi connectivity index (χ3v) is 3.44. The lowest BCUT2D eigenvalue weighted by Crippen LogP contribution is -2.22. The topological polar surface area (TPSA) is 135 Å². The summed E-state index contributed by atoms with van der Waals surface area (Å²) in [7, 11) is 0. The van der Waals surface area contributed by atoms with Crippen LogP contribution in [0.4, 0.5) is 5.69 Å². The van der Waals surface area contributed by atoms with Gasteiger partial charge in [-0.25, -0.2) is 4.79 Å². The lowest BCUT2D eigenvalue weighted by atomic mass is 10.0. The molecule has 0 spiro atoms. The average molecular weight is 313 g/mol. The van der Waals surface area contributed by atoms with Gasteiger partial charge in [0, 0.05) is 0 Å². The number of carboxylic acids is 1. The van der Waals surface area contributed by atoms with E-state index >= 15 is 0 Å². The molecular weight excluding hydrogens is 302 g/mol. The van der Waals surface area contributed by atoms with Crippen LogP contribution in [0.15, 0.2) is 40.1 Å². The van der Waals surface area contributed by atoms with E-state index in [4.69, 9.17) is 16.4 Å². The first-order valence-corrected chi connectivity index (χ1v) is 6.95. The molecule has 0 bridgehead atoms. The Bertz CT molecular complexity index is 790. The second-order valence-corrected chi connectivity index (χ2v) is 4.96. The largest absolute Gasteiger partial charge is 0.478 e. The monoisotopic (exact) mass is 313 g/mol. The quantitative estimate of drug-likeness (QED) is 0.381. The van der Waals surface area contributed by atoms with Crippen molar-refractivity contribution in [1.29, 1.82) is 10.7 Å². The summed E-state index contributed by atoms with van der Waals surface area (Å²) in [5, 5.41) is 32.7. The van der Waals surface area contributed by atoms with E-state index in [1.807, 2.05) is 16.8 Å². The molecule has 2 aromatic rings. The zero-order chi connectivity index (χ0) is 16.1. The molecular formula is C14H11N5O2S. The van der Waals surface area contributed by atoms with E-state index in [9.17, 15) is 9.90 Å². The van der Waals surface area contributed by atoms with E-state index in [0.717, 1.165) is 11.1 Å². The van der Waals surface area contributed by atoms with Gasteiger partial charge in [-0.05, 0) is 40.1 Å². The summed E-state index contributed by atoms with van der Waals surface area (Å²) in [6.07, 6.45) is 0. The van der Waals surface area contributed by atoms with Gasteiger partial charge in [0.25, 0.3) is 0 Å². The van der Waals surface area contributed by atoms with Gasteiger partial charge < -0.3 is 10.8 Å². The van der Waals surface area contributed by atoms with E-state index in [0.29, 0.717) is 0 Å². The predicted molar refractivity (Wildman–Crippen MR) is 85.3 cm³/mol. The molecule has 22 heavy (non-hydrogen) atoms. The number of hydrogen-bond donors (Lipinski definition) is 4. The van der Waals surface area contributed by atoms with Crippen LogP contribution in [-0.4, -0.2) is 22.6 Å². The first-order chi connectivity index (χ1) is 10.5. The van der Waals surface area contributed by atoms with Crippen molar-refractivity contribution in [2.75, 3.05) is 5.43 Å². The van der Waals surface area contributed by atoms with E-state index in [1.165, 1.54) is 17.4 Å². The third kappa shape index (κ3) is 3.28. The molecule has 0 radical (unpaired) electrons. The Labute approximate surface area is 129 Å². The van der Waals surface area contributed by atoms with Crippen LogP contribution in [0.2, 0.25) is 0 Å². The van der Waals surface area contributed by atoms with Gasteiger partial charge in [0.15, 0.2) is 5.84 Å². The minimum Gasteiger partial charge on any atom is -0.478 e. The number of nitrogens with two attached hydrogens (primary N) is 1. The van der Waals surface area contributed by atoms with Crippen molar-refractivity contribution in [3.05, 3.63) is 40.6 Å². The maximum Gasteiger partial charge on any atom is 0.337 e. The molecule has 0 aliphatic rings. The SMILES string of the molecule is N#C/C(=N\Nc1cc(-c2ccsc2)ccc1C(=O)O)C(=N)N. The normalized spacial score (nSPS) is 10.8. The molecule has 110 valence electrons. The van der Waals surface area contributed by atoms with Gasteiger partial charge in [0.1, 0.15) is 6.07 Å². The van der Waals surface area contributed by atoms with Gasteiger partial charge in [-0.1, -0.05) is 6.07 Å². The lowest BCUT2D eigenvalue weighted by molar-refractivity contribution is 0.0698. The highest BCUT2D eigenvalue weighted by molar-refractivity contribution is 7.08. The van der Waals surface area contributed by atoms with Crippen molar-refractivity contribution >= 4 is 34.5 Å². The standard InChI is InChI=1S/C14H11N5O2S/c15-6-12(13(16)17)19-18-11-5-8(9-3-4-22-7-9)1-2-10(11)14(20)21/h1-5,7,18H,(H3,16,17)(H,20,21)/b19-12+. The van der Waals surface area contributed by atoms with Crippen molar-refractivity contribution < 1.29 is 9.90 Å². The molecule has 0 fully saturated rings. The number of hydrogen-bond acceptors (Lipinski definition) is 6. The molecule has 1 aromatic heterocycles. The number of anilines is 1. The van der Waals surface area contributed by atoms with E-state index < -0.39 is 11.8 Å². The van der Waals surface area contributed by atoms with Gasteiger partial charge >= 0.3 is 5.97 Å². The van der Waals surface area contributed by atoms with Crippen LogP contribution in [0.5, 0.6) is 0 Å². The van der Waals surface area contributed by atoms with Crippen molar-refractivity contribution in [3.63, 3.8) is 0 Å². The van der Waals surface area contributed by atoms with Gasteiger partial charge in [-0.3, -0.25) is 10.8 Å². The van der Waals surface area contributed by atoms with E-state index in [2.05, 4.69) is 10.5 Å². The Hall–Kier alpha value is -3.18. The number of hydrazone groups is 1. The lowest BCUT2D eigenvalue weighted by Gasteiger charge is -2.08. The fourth-order valence-corrected chi connectivity index (χ4v) is 2.36. The minimum absolute atomic E-state index is 0.00331. The summed E-state index contributed by atoms with van der Waals surface area (Å²) in [5.41, 5.74) is 9.34. The van der Waals surface area contributed by atoms with Crippen LogP contribution < -0.4 is 11.2 Å². The van der Waals surface area contributed by atoms with Gasteiger partial charge in [0.05, 0.1) is 11.3 Å². The average Bonchev–Trinajstić information content (AvgIpc) is 3.01. The molecule has 2 rings (SSSR count). The minimum atomic E-state index is -1.13. The molecule has 0 saturated heterocycles. The molecule has 0 aliphatic carbocycles. The van der Waals surface area contributed by atoms with Crippen molar-refractivity contribution in [3.8, 4) is 17.2 Å². The molecule has 1 aromatic carbocycles. The van der Waals surface area contributed by atoms with Crippen molar-refractivity contribution in [2.24, 2.45) is 10.8 Å². The highest BCUT2D eigenvalue weighted by Crippen LogP contribution is 2.27. The Morgan fingerprint density at radius 1 is 1.41 bits per heavy atom. The molecule has 7 nitrogen and oxygen atoms in total. The number of nitrogens with one attached hydrogen (secondary N) is 2. The number of nitrogens with zero attached hydrogens (tertiary/aromatic N) is 2. The van der Waals surface area contributed by atoms with Crippen molar-refractivity contribution in [1.82, 2.24) is 0 Å². The molecule has 8 heteroatoms. The number of carbonyl (C=O) groups is 1. The summed E-state index contributed by atoms with van der Waals surface area (Å²) in [4.78, 5) is 11.2. The Morgan fingerprint density at radius 2 is 2.18 bits per heavy atom. The molecule has 0 atom stereocenters. The maximum absolute atomic E-state index is 11.2. The van der Waals surface area contributed by atoms with Crippen LogP contribution in [0.3, 0.4) is 0 Å². The number of benzene rings is 1. The fraction of sp³-hybridized carbons (Fsp3) is 0. The zero-order valence-corrected chi connectivity index (χ0v) is 12.0.